The van der Waals surface area contributed by atoms with E-state index in [1.807, 2.05) is 0 Å². The molecule has 0 aliphatic rings. The van der Waals surface area contributed by atoms with Crippen molar-refractivity contribution < 1.29 is 9.90 Å². The first-order chi connectivity index (χ1) is 10.8. The first-order valence-corrected chi connectivity index (χ1v) is 9.60. The Balaban J connectivity index is 2.98. The molecular weight excluding hydrogens is 272 g/mol. The number of carboxylic acids is 1. The van der Waals surface area contributed by atoms with Crippen molar-refractivity contribution in [2.24, 2.45) is 0 Å². The third-order valence-electron chi connectivity index (χ3n) is 4.25. The van der Waals surface area contributed by atoms with Crippen molar-refractivity contribution in [3.8, 4) is 0 Å². The van der Waals surface area contributed by atoms with Crippen LogP contribution < -0.4 is 0 Å². The van der Waals surface area contributed by atoms with Crippen LogP contribution >= 0.6 is 0 Å². The van der Waals surface area contributed by atoms with Crippen LogP contribution in [0.2, 0.25) is 0 Å². The van der Waals surface area contributed by atoms with Gasteiger partial charge in [0.1, 0.15) is 0 Å². The Morgan fingerprint density at radius 3 is 1.41 bits per heavy atom. The lowest BCUT2D eigenvalue weighted by atomic mass is 10.0. The number of hydrogen-bond acceptors (Lipinski definition) is 1. The molecule has 0 aromatic carbocycles. The zero-order chi connectivity index (χ0) is 16.3. The van der Waals surface area contributed by atoms with Gasteiger partial charge in [0.15, 0.2) is 0 Å². The van der Waals surface area contributed by atoms with Gasteiger partial charge in [0, 0.05) is 6.42 Å². The molecule has 2 nitrogen and oxygen atoms in total. The van der Waals surface area contributed by atoms with Crippen LogP contribution in [-0.2, 0) is 4.79 Å². The summed E-state index contributed by atoms with van der Waals surface area (Å²) in [7, 11) is 0. The molecule has 0 fully saturated rings. The van der Waals surface area contributed by atoms with Crippen molar-refractivity contribution in [3.05, 3.63) is 12.2 Å². The quantitative estimate of drug-likeness (QED) is 0.234. The van der Waals surface area contributed by atoms with Gasteiger partial charge in [-0.05, 0) is 26.2 Å². The van der Waals surface area contributed by atoms with Crippen LogP contribution in [-0.4, -0.2) is 11.1 Å². The van der Waals surface area contributed by atoms with Gasteiger partial charge < -0.3 is 5.11 Å². The zero-order valence-corrected chi connectivity index (χ0v) is 14.8. The van der Waals surface area contributed by atoms with E-state index in [9.17, 15) is 4.79 Å². The van der Waals surface area contributed by atoms with Crippen LogP contribution in [0, 0.1) is 0 Å². The second kappa shape index (κ2) is 18.3. The van der Waals surface area contributed by atoms with Crippen LogP contribution in [0.4, 0.5) is 0 Å². The molecule has 0 radical (unpaired) electrons. The summed E-state index contributed by atoms with van der Waals surface area (Å²) in [6, 6.07) is 0. The van der Waals surface area contributed by atoms with Gasteiger partial charge >= 0.3 is 5.97 Å². The van der Waals surface area contributed by atoms with Crippen molar-refractivity contribution >= 4 is 5.97 Å². The largest absolute Gasteiger partial charge is 0.481 e. The minimum absolute atomic E-state index is 0.343. The Kier molecular flexibility index (Phi) is 17.6. The van der Waals surface area contributed by atoms with Crippen molar-refractivity contribution in [2.45, 2.75) is 110 Å². The predicted octanol–water partition coefficient (Wildman–Crippen LogP) is 6.89. The van der Waals surface area contributed by atoms with E-state index in [1.54, 1.807) is 0 Å². The maximum Gasteiger partial charge on any atom is 0.303 e. The van der Waals surface area contributed by atoms with E-state index in [1.165, 1.54) is 83.5 Å². The molecular formula is C20H38O2. The topological polar surface area (TPSA) is 37.3 Å². The van der Waals surface area contributed by atoms with Crippen LogP contribution in [0.1, 0.15) is 110 Å². The summed E-state index contributed by atoms with van der Waals surface area (Å²) in [5.74, 6) is -0.655. The number of rotatable bonds is 17. The highest BCUT2D eigenvalue weighted by Crippen LogP contribution is 2.13. The molecule has 22 heavy (non-hydrogen) atoms. The van der Waals surface area contributed by atoms with Crippen molar-refractivity contribution in [1.82, 2.24) is 0 Å². The molecule has 130 valence electrons. The first-order valence-electron chi connectivity index (χ1n) is 9.60. The lowest BCUT2D eigenvalue weighted by Gasteiger charge is -2.03. The maximum absolute atomic E-state index is 10.4. The van der Waals surface area contributed by atoms with Gasteiger partial charge in [-0.1, -0.05) is 89.2 Å². The third-order valence-corrected chi connectivity index (χ3v) is 4.25. The van der Waals surface area contributed by atoms with Gasteiger partial charge in [0.2, 0.25) is 0 Å². The summed E-state index contributed by atoms with van der Waals surface area (Å²) in [4.78, 5) is 10.4. The highest BCUT2D eigenvalue weighted by molar-refractivity contribution is 5.66. The monoisotopic (exact) mass is 310 g/mol. The average molecular weight is 311 g/mol. The number of carboxylic acid groups (broad SMARTS) is 1. The molecule has 2 heteroatoms. The summed E-state index contributed by atoms with van der Waals surface area (Å²) in [6.07, 6.45) is 24.3. The number of unbranched alkanes of at least 4 members (excludes halogenated alkanes) is 14. The second-order valence-corrected chi connectivity index (χ2v) is 6.45. The molecule has 0 aliphatic heterocycles. The fourth-order valence-corrected chi connectivity index (χ4v) is 2.83. The Morgan fingerprint density at radius 2 is 1.05 bits per heavy atom. The normalized spacial score (nSPS) is 11.3. The van der Waals surface area contributed by atoms with Gasteiger partial charge in [0.25, 0.3) is 0 Å². The highest BCUT2D eigenvalue weighted by Gasteiger charge is 1.97. The average Bonchev–Trinajstić information content (AvgIpc) is 2.50. The first kappa shape index (κ1) is 21.2. The molecule has 0 aromatic heterocycles. The Morgan fingerprint density at radius 1 is 0.682 bits per heavy atom. The highest BCUT2D eigenvalue weighted by atomic mass is 16.4. The molecule has 0 bridgehead atoms. The number of allylic oxidation sites excluding steroid dienone is 2. The Bertz CT molecular complexity index is 258. The standard InChI is InChI=1S/C20H38O2/c1-2-3-4-5-6-7-8-9-10-11-12-13-14-15-16-17-18-19-20(21)22/h2-3H,4-19H2,1H3,(H,21,22). The molecule has 0 unspecified atom stereocenters. The van der Waals surface area contributed by atoms with E-state index in [2.05, 4.69) is 19.1 Å². The van der Waals surface area contributed by atoms with E-state index in [0.29, 0.717) is 6.42 Å². The van der Waals surface area contributed by atoms with E-state index >= 15 is 0 Å². The van der Waals surface area contributed by atoms with Crippen LogP contribution in [0.15, 0.2) is 12.2 Å². The Hall–Kier alpha value is -0.790. The minimum atomic E-state index is -0.655. The van der Waals surface area contributed by atoms with Crippen LogP contribution in [0.5, 0.6) is 0 Å². The van der Waals surface area contributed by atoms with E-state index in [0.717, 1.165) is 12.8 Å². The van der Waals surface area contributed by atoms with E-state index in [4.69, 9.17) is 5.11 Å². The molecule has 0 aliphatic carbocycles. The summed E-state index contributed by atoms with van der Waals surface area (Å²) in [6.45, 7) is 2.10. The van der Waals surface area contributed by atoms with Gasteiger partial charge in [-0.3, -0.25) is 4.79 Å². The number of hydrogen-bond donors (Lipinski definition) is 1. The summed E-state index contributed by atoms with van der Waals surface area (Å²) in [5.41, 5.74) is 0. The van der Waals surface area contributed by atoms with Crippen molar-refractivity contribution in [1.29, 1.82) is 0 Å². The van der Waals surface area contributed by atoms with Gasteiger partial charge in [-0.25, -0.2) is 0 Å². The second-order valence-electron chi connectivity index (χ2n) is 6.45. The number of carbonyl (C=O) groups is 1. The molecule has 0 amide bonds. The van der Waals surface area contributed by atoms with Crippen molar-refractivity contribution in [3.63, 3.8) is 0 Å². The molecule has 0 spiro atoms. The Labute approximate surface area is 138 Å². The maximum atomic E-state index is 10.4. The van der Waals surface area contributed by atoms with E-state index in [-0.39, 0.29) is 0 Å². The third kappa shape index (κ3) is 19.2. The fraction of sp³-hybridized carbons (Fsp3) is 0.850. The summed E-state index contributed by atoms with van der Waals surface area (Å²) >= 11 is 0. The summed E-state index contributed by atoms with van der Waals surface area (Å²) in [5, 5.41) is 8.54. The van der Waals surface area contributed by atoms with Gasteiger partial charge in [0.05, 0.1) is 0 Å². The summed E-state index contributed by atoms with van der Waals surface area (Å²) < 4.78 is 0. The molecule has 0 rings (SSSR count). The van der Waals surface area contributed by atoms with Gasteiger partial charge in [-0.15, -0.1) is 0 Å². The lowest BCUT2D eigenvalue weighted by Crippen LogP contribution is -1.93. The number of aliphatic carboxylic acids is 1. The molecule has 0 aromatic rings. The molecule has 0 saturated carbocycles. The SMILES string of the molecule is CC=CCCCCCCCCCCCCCCCCC(=O)O. The lowest BCUT2D eigenvalue weighted by molar-refractivity contribution is -0.137. The van der Waals surface area contributed by atoms with Crippen molar-refractivity contribution in [2.75, 3.05) is 0 Å². The minimum Gasteiger partial charge on any atom is -0.481 e. The molecule has 1 N–H and O–H groups in total. The molecule has 0 heterocycles. The predicted molar refractivity (Wildman–Crippen MR) is 96.3 cm³/mol. The van der Waals surface area contributed by atoms with Crippen LogP contribution in [0.25, 0.3) is 0 Å². The van der Waals surface area contributed by atoms with Gasteiger partial charge in [-0.2, -0.15) is 0 Å². The van der Waals surface area contributed by atoms with E-state index < -0.39 is 5.97 Å². The van der Waals surface area contributed by atoms with Crippen LogP contribution in [0.3, 0.4) is 0 Å². The molecule has 0 saturated heterocycles. The zero-order valence-electron chi connectivity index (χ0n) is 14.8. The molecule has 0 atom stereocenters. The smallest absolute Gasteiger partial charge is 0.303 e. The fourth-order valence-electron chi connectivity index (χ4n) is 2.83.